The maximum absolute atomic E-state index is 13.8. The summed E-state index contributed by atoms with van der Waals surface area (Å²) in [4.78, 5) is 25.4. The topological polar surface area (TPSA) is 48.3 Å². The Morgan fingerprint density at radius 2 is 1.55 bits per heavy atom. The van der Waals surface area contributed by atoms with Crippen LogP contribution < -0.4 is 0 Å². The molecule has 0 atom stereocenters. The summed E-state index contributed by atoms with van der Waals surface area (Å²) in [5.41, 5.74) is 3.97. The van der Waals surface area contributed by atoms with Crippen molar-refractivity contribution < 1.29 is 14.3 Å². The van der Waals surface area contributed by atoms with Gasteiger partial charge in [0, 0.05) is 34.5 Å². The number of hydrogen-bond acceptors (Lipinski definition) is 3. The van der Waals surface area contributed by atoms with Gasteiger partial charge >= 0.3 is 5.97 Å². The lowest BCUT2D eigenvalue weighted by Gasteiger charge is -2.05. The average molecular weight is 431 g/mol. The highest BCUT2D eigenvalue weighted by Crippen LogP contribution is 2.30. The van der Waals surface area contributed by atoms with Crippen molar-refractivity contribution in [1.82, 2.24) is 4.57 Å². The summed E-state index contributed by atoms with van der Waals surface area (Å²) >= 11 is 0. The lowest BCUT2D eigenvalue weighted by Crippen LogP contribution is -2.01. The Balaban J connectivity index is 1.72. The second-order valence-corrected chi connectivity index (χ2v) is 7.74. The van der Waals surface area contributed by atoms with E-state index < -0.39 is 5.97 Å². The molecule has 4 heteroatoms. The molecule has 4 nitrogen and oxygen atoms in total. The van der Waals surface area contributed by atoms with Gasteiger partial charge < -0.3 is 9.30 Å². The maximum Gasteiger partial charge on any atom is 0.330 e. The molecular weight excluding hydrogens is 410 g/mol. The Hall–Kier alpha value is -4.44. The van der Waals surface area contributed by atoms with Crippen molar-refractivity contribution in [2.45, 2.75) is 0 Å². The maximum atomic E-state index is 13.8. The van der Waals surface area contributed by atoms with E-state index in [0.717, 1.165) is 32.9 Å². The number of rotatable bonds is 5. The Morgan fingerprint density at radius 1 is 0.788 bits per heavy atom. The van der Waals surface area contributed by atoms with Gasteiger partial charge in [-0.1, -0.05) is 66.7 Å². The standard InChI is InChI=1S/C29H21NO3/c1-33-28(31)17-15-20-14-16-27-25(18-20)26(19-30(27)22-10-3-2-4-11-22)29(32)24-13-7-9-21-8-5-6-12-23(21)24/h2-19H,1H3/b17-15+. The van der Waals surface area contributed by atoms with Crippen molar-refractivity contribution in [2.24, 2.45) is 0 Å². The third-order valence-electron chi connectivity index (χ3n) is 5.75. The fourth-order valence-electron chi connectivity index (χ4n) is 4.14. The van der Waals surface area contributed by atoms with Gasteiger partial charge in [0.25, 0.3) is 0 Å². The summed E-state index contributed by atoms with van der Waals surface area (Å²) in [6.07, 6.45) is 4.97. The zero-order valence-corrected chi connectivity index (χ0v) is 18.1. The van der Waals surface area contributed by atoms with E-state index in [1.165, 1.54) is 13.2 Å². The van der Waals surface area contributed by atoms with E-state index in [0.29, 0.717) is 11.1 Å². The smallest absolute Gasteiger partial charge is 0.330 e. The van der Waals surface area contributed by atoms with E-state index in [2.05, 4.69) is 0 Å². The van der Waals surface area contributed by atoms with E-state index in [1.54, 1.807) is 6.08 Å². The van der Waals surface area contributed by atoms with Crippen molar-refractivity contribution in [3.8, 4) is 5.69 Å². The Kier molecular flexibility index (Phi) is 5.33. The zero-order chi connectivity index (χ0) is 22.8. The van der Waals surface area contributed by atoms with Crippen LogP contribution in [0.4, 0.5) is 0 Å². The molecule has 0 spiro atoms. The molecule has 0 aliphatic heterocycles. The van der Waals surface area contributed by atoms with Gasteiger partial charge in [-0.2, -0.15) is 0 Å². The molecule has 0 bridgehead atoms. The molecule has 4 aromatic carbocycles. The van der Waals surface area contributed by atoms with E-state index in [-0.39, 0.29) is 5.78 Å². The van der Waals surface area contributed by atoms with Crippen LogP contribution in [-0.2, 0) is 9.53 Å². The fraction of sp³-hybridized carbons (Fsp3) is 0.0345. The summed E-state index contributed by atoms with van der Waals surface area (Å²) in [6, 6.07) is 29.5. The van der Waals surface area contributed by atoms with Crippen molar-refractivity contribution in [3.63, 3.8) is 0 Å². The second kappa shape index (κ2) is 8.60. The highest BCUT2D eigenvalue weighted by Gasteiger charge is 2.19. The van der Waals surface area contributed by atoms with Crippen LogP contribution in [-0.4, -0.2) is 23.4 Å². The van der Waals surface area contributed by atoms with Gasteiger partial charge in [0.2, 0.25) is 0 Å². The summed E-state index contributed by atoms with van der Waals surface area (Å²) in [7, 11) is 1.34. The third-order valence-corrected chi connectivity index (χ3v) is 5.75. The molecule has 5 aromatic rings. The quantitative estimate of drug-likeness (QED) is 0.189. The van der Waals surface area contributed by atoms with Crippen LogP contribution in [0.3, 0.4) is 0 Å². The molecule has 0 radical (unpaired) electrons. The first-order chi connectivity index (χ1) is 16.2. The summed E-state index contributed by atoms with van der Waals surface area (Å²) < 4.78 is 6.73. The number of ketones is 1. The number of carbonyl (C=O) groups is 2. The molecule has 160 valence electrons. The predicted molar refractivity (Wildman–Crippen MR) is 132 cm³/mol. The number of hydrogen-bond donors (Lipinski definition) is 0. The van der Waals surface area contributed by atoms with Gasteiger partial charge in [-0.15, -0.1) is 0 Å². The molecule has 0 aliphatic rings. The Morgan fingerprint density at radius 3 is 2.36 bits per heavy atom. The predicted octanol–water partition coefficient (Wildman–Crippen LogP) is 6.20. The fourth-order valence-corrected chi connectivity index (χ4v) is 4.14. The number of benzene rings is 4. The SMILES string of the molecule is COC(=O)/C=C/c1ccc2c(c1)c(C(=O)c1cccc3ccccc13)cn2-c1ccccc1. The van der Waals surface area contributed by atoms with Crippen LogP contribution in [0.15, 0.2) is 103 Å². The first-order valence-electron chi connectivity index (χ1n) is 10.6. The number of esters is 1. The molecule has 0 saturated heterocycles. The number of nitrogens with zero attached hydrogens (tertiary/aromatic N) is 1. The van der Waals surface area contributed by atoms with Gasteiger partial charge in [0.1, 0.15) is 0 Å². The summed E-state index contributed by atoms with van der Waals surface area (Å²) in [5.74, 6) is -0.468. The van der Waals surface area contributed by atoms with Crippen molar-refractivity contribution >= 4 is 39.5 Å². The van der Waals surface area contributed by atoms with Crippen LogP contribution in [0.1, 0.15) is 21.5 Å². The van der Waals surface area contributed by atoms with E-state index in [4.69, 9.17) is 4.74 Å². The number of methoxy groups -OCH3 is 1. The van der Waals surface area contributed by atoms with Crippen LogP contribution in [0, 0.1) is 0 Å². The third kappa shape index (κ3) is 3.83. The van der Waals surface area contributed by atoms with Gasteiger partial charge in [-0.25, -0.2) is 4.79 Å². The first kappa shape index (κ1) is 20.5. The molecular formula is C29H21NO3. The number of para-hydroxylation sites is 1. The molecule has 0 aliphatic carbocycles. The average Bonchev–Trinajstić information content (AvgIpc) is 3.26. The minimum atomic E-state index is -0.427. The molecule has 1 aromatic heterocycles. The minimum absolute atomic E-state index is 0.0411. The van der Waals surface area contributed by atoms with Gasteiger partial charge in [0.15, 0.2) is 5.78 Å². The van der Waals surface area contributed by atoms with Crippen molar-refractivity contribution in [1.29, 1.82) is 0 Å². The van der Waals surface area contributed by atoms with Crippen LogP contribution in [0.5, 0.6) is 0 Å². The van der Waals surface area contributed by atoms with E-state index in [9.17, 15) is 9.59 Å². The molecule has 0 saturated carbocycles. The van der Waals surface area contributed by atoms with Crippen LogP contribution >= 0.6 is 0 Å². The Bertz CT molecular complexity index is 1520. The van der Waals surface area contributed by atoms with Crippen molar-refractivity contribution in [3.05, 3.63) is 120 Å². The highest BCUT2D eigenvalue weighted by atomic mass is 16.5. The van der Waals surface area contributed by atoms with Gasteiger partial charge in [-0.3, -0.25) is 4.79 Å². The largest absolute Gasteiger partial charge is 0.466 e. The molecule has 0 unspecified atom stereocenters. The first-order valence-corrected chi connectivity index (χ1v) is 10.6. The van der Waals surface area contributed by atoms with Crippen molar-refractivity contribution in [2.75, 3.05) is 7.11 Å². The molecule has 33 heavy (non-hydrogen) atoms. The lowest BCUT2D eigenvalue weighted by atomic mass is 9.96. The van der Waals surface area contributed by atoms with E-state index >= 15 is 0 Å². The molecule has 5 rings (SSSR count). The number of ether oxygens (including phenoxy) is 1. The molecule has 0 N–H and O–H groups in total. The number of carbonyl (C=O) groups excluding carboxylic acids is 2. The molecule has 1 heterocycles. The zero-order valence-electron chi connectivity index (χ0n) is 18.1. The normalized spacial score (nSPS) is 11.3. The van der Waals surface area contributed by atoms with Crippen LogP contribution in [0.2, 0.25) is 0 Å². The van der Waals surface area contributed by atoms with Gasteiger partial charge in [-0.05, 0) is 46.7 Å². The summed E-state index contributed by atoms with van der Waals surface area (Å²) in [6.45, 7) is 0. The van der Waals surface area contributed by atoms with Crippen LogP contribution in [0.25, 0.3) is 33.4 Å². The minimum Gasteiger partial charge on any atom is -0.466 e. The second-order valence-electron chi connectivity index (χ2n) is 7.74. The number of aromatic nitrogens is 1. The Labute approximate surface area is 191 Å². The monoisotopic (exact) mass is 431 g/mol. The summed E-state index contributed by atoms with van der Waals surface area (Å²) in [5, 5.41) is 2.77. The number of fused-ring (bicyclic) bond motifs is 2. The molecule has 0 amide bonds. The highest BCUT2D eigenvalue weighted by molar-refractivity contribution is 6.21. The molecule has 0 fully saturated rings. The van der Waals surface area contributed by atoms with Gasteiger partial charge in [0.05, 0.1) is 12.6 Å². The lowest BCUT2D eigenvalue weighted by molar-refractivity contribution is -0.134. The van der Waals surface area contributed by atoms with E-state index in [1.807, 2.05) is 102 Å².